The van der Waals surface area contributed by atoms with Crippen molar-refractivity contribution in [3.63, 3.8) is 0 Å². The number of carbonyl (C=O) groups is 2. The Hall–Kier alpha value is -1.68. The van der Waals surface area contributed by atoms with Crippen LogP contribution in [0, 0.1) is 33.5 Å². The summed E-state index contributed by atoms with van der Waals surface area (Å²) in [7, 11) is 4.05. The van der Waals surface area contributed by atoms with Gasteiger partial charge in [0.2, 0.25) is 11.8 Å². The number of likely N-dealkylation sites (tertiary alicyclic amines) is 1. The van der Waals surface area contributed by atoms with Crippen LogP contribution < -0.4 is 0 Å². The third kappa shape index (κ3) is 6.37. The molecule has 0 bridgehead atoms. The molecule has 35 heavy (non-hydrogen) atoms. The van der Waals surface area contributed by atoms with Gasteiger partial charge in [0.25, 0.3) is 0 Å². The Morgan fingerprint density at radius 3 is 1.80 bits per heavy atom. The van der Waals surface area contributed by atoms with Gasteiger partial charge in [0.1, 0.15) is 0 Å². The van der Waals surface area contributed by atoms with Crippen LogP contribution in [-0.4, -0.2) is 48.8 Å². The van der Waals surface area contributed by atoms with E-state index in [9.17, 15) is 9.59 Å². The van der Waals surface area contributed by atoms with Gasteiger partial charge >= 0.3 is 0 Å². The number of nitrogens with zero attached hydrogens (tertiary/aromatic N) is 2. The number of benzene rings is 1. The first-order valence-electron chi connectivity index (χ1n) is 13.4. The van der Waals surface area contributed by atoms with E-state index in [4.69, 9.17) is 0 Å². The third-order valence-electron chi connectivity index (χ3n) is 8.90. The monoisotopic (exact) mass is 484 g/mol. The topological polar surface area (TPSA) is 40.6 Å². The minimum absolute atomic E-state index is 0.0140. The summed E-state index contributed by atoms with van der Waals surface area (Å²) in [6, 6.07) is 10.7. The molecule has 0 saturated carbocycles. The van der Waals surface area contributed by atoms with Crippen LogP contribution in [0.4, 0.5) is 0 Å². The van der Waals surface area contributed by atoms with Crippen molar-refractivity contribution < 1.29 is 9.59 Å². The number of hydrogen-bond donors (Lipinski definition) is 0. The van der Waals surface area contributed by atoms with Gasteiger partial charge in [-0.1, -0.05) is 99.6 Å². The van der Waals surface area contributed by atoms with E-state index in [0.29, 0.717) is 6.54 Å². The normalized spacial score (nSPS) is 21.2. The molecule has 4 nitrogen and oxygen atoms in total. The summed E-state index contributed by atoms with van der Waals surface area (Å²) in [5.41, 5.74) is 0.740. The van der Waals surface area contributed by atoms with Crippen LogP contribution in [0.5, 0.6) is 0 Å². The summed E-state index contributed by atoms with van der Waals surface area (Å²) in [6.07, 6.45) is 1.65. The first-order chi connectivity index (χ1) is 15.8. The Morgan fingerprint density at radius 1 is 0.829 bits per heavy atom. The first kappa shape index (κ1) is 29.5. The van der Waals surface area contributed by atoms with E-state index in [1.54, 1.807) is 4.90 Å². The van der Waals surface area contributed by atoms with Gasteiger partial charge in [-0.15, -0.1) is 0 Å². The van der Waals surface area contributed by atoms with Crippen molar-refractivity contribution in [2.75, 3.05) is 27.2 Å². The summed E-state index contributed by atoms with van der Waals surface area (Å²) >= 11 is 0. The van der Waals surface area contributed by atoms with Crippen molar-refractivity contribution in [1.29, 1.82) is 0 Å². The average Bonchev–Trinajstić information content (AvgIpc) is 2.97. The number of rotatable bonds is 9. The molecule has 0 spiro atoms. The molecule has 0 aliphatic carbocycles. The Balaban J connectivity index is 2.50. The van der Waals surface area contributed by atoms with Crippen molar-refractivity contribution in [3.05, 3.63) is 35.9 Å². The molecule has 0 N–H and O–H groups in total. The van der Waals surface area contributed by atoms with Gasteiger partial charge < -0.3 is 4.90 Å². The molecule has 1 heterocycles. The standard InChI is InChI=1S/C31H52N2O2/c1-28(2,3)24-25(27(35)33(26(24)34)20-16-19-32(11)12)30(7,8)21-23(22-17-14-13-15-18-22)31(9,10)29(4,5)6/h13-15,17-18,23-25H,16,19-21H2,1-12H3. The highest BCUT2D eigenvalue weighted by atomic mass is 16.2. The van der Waals surface area contributed by atoms with Crippen molar-refractivity contribution in [2.24, 2.45) is 33.5 Å². The van der Waals surface area contributed by atoms with Crippen LogP contribution in [0.2, 0.25) is 0 Å². The minimum Gasteiger partial charge on any atom is -0.309 e. The van der Waals surface area contributed by atoms with Gasteiger partial charge in [-0.2, -0.15) is 0 Å². The van der Waals surface area contributed by atoms with E-state index in [-0.39, 0.29) is 51.2 Å². The van der Waals surface area contributed by atoms with E-state index < -0.39 is 0 Å². The van der Waals surface area contributed by atoms with Gasteiger partial charge in [0.05, 0.1) is 11.8 Å². The van der Waals surface area contributed by atoms with E-state index in [0.717, 1.165) is 19.4 Å². The van der Waals surface area contributed by atoms with Crippen LogP contribution in [-0.2, 0) is 9.59 Å². The second kappa shape index (κ2) is 10.4. The molecule has 1 aromatic carbocycles. The van der Waals surface area contributed by atoms with Crippen LogP contribution >= 0.6 is 0 Å². The molecule has 0 aromatic heterocycles. The molecule has 4 heteroatoms. The summed E-state index contributed by atoms with van der Waals surface area (Å²) in [4.78, 5) is 31.3. The number of imide groups is 1. The quantitative estimate of drug-likeness (QED) is 0.360. The minimum atomic E-state index is -0.343. The maximum absolute atomic E-state index is 14.0. The zero-order chi connectivity index (χ0) is 27.0. The van der Waals surface area contributed by atoms with E-state index in [1.807, 2.05) is 14.1 Å². The Kier molecular flexibility index (Phi) is 8.75. The maximum atomic E-state index is 14.0. The lowest BCUT2D eigenvalue weighted by Crippen LogP contribution is -2.43. The fourth-order valence-corrected chi connectivity index (χ4v) is 5.80. The molecule has 1 saturated heterocycles. The van der Waals surface area contributed by atoms with Crippen molar-refractivity contribution >= 4 is 11.8 Å². The summed E-state index contributed by atoms with van der Waals surface area (Å²) in [6.45, 7) is 23.8. The molecular weight excluding hydrogens is 432 g/mol. The molecule has 198 valence electrons. The SMILES string of the molecule is CN(C)CCCN1C(=O)C(C(C)(C)C)C(C(C)(C)CC(c2ccccc2)C(C)(C)C(C)(C)C)C1=O. The summed E-state index contributed by atoms with van der Waals surface area (Å²) in [5.74, 6) is -0.329. The molecule has 1 fully saturated rings. The molecular formula is C31H52N2O2. The predicted molar refractivity (Wildman–Crippen MR) is 147 cm³/mol. The lowest BCUT2D eigenvalue weighted by atomic mass is 9.54. The van der Waals surface area contributed by atoms with Gasteiger partial charge in [-0.05, 0) is 66.6 Å². The summed E-state index contributed by atoms with van der Waals surface area (Å²) < 4.78 is 0. The maximum Gasteiger partial charge on any atom is 0.233 e. The zero-order valence-corrected chi connectivity index (χ0v) is 24.7. The fourth-order valence-electron chi connectivity index (χ4n) is 5.80. The molecule has 2 rings (SSSR count). The first-order valence-corrected chi connectivity index (χ1v) is 13.4. The number of hydrogen-bond acceptors (Lipinski definition) is 3. The molecule has 3 atom stereocenters. The van der Waals surface area contributed by atoms with Gasteiger partial charge in [-0.3, -0.25) is 14.5 Å². The smallest absolute Gasteiger partial charge is 0.233 e. The highest BCUT2D eigenvalue weighted by Gasteiger charge is 2.58. The largest absolute Gasteiger partial charge is 0.309 e. The van der Waals surface area contributed by atoms with Crippen LogP contribution in [0.15, 0.2) is 30.3 Å². The lowest BCUT2D eigenvalue weighted by Gasteiger charge is -2.49. The van der Waals surface area contributed by atoms with Gasteiger partial charge in [0.15, 0.2) is 0 Å². The Bertz CT molecular complexity index is 871. The van der Waals surface area contributed by atoms with E-state index >= 15 is 0 Å². The second-order valence-electron chi connectivity index (χ2n) is 14.4. The van der Waals surface area contributed by atoms with Crippen molar-refractivity contribution in [3.8, 4) is 0 Å². The summed E-state index contributed by atoms with van der Waals surface area (Å²) in [5, 5.41) is 0. The molecule has 1 aliphatic rings. The highest BCUT2D eigenvalue weighted by molar-refractivity contribution is 6.05. The van der Waals surface area contributed by atoms with Crippen LogP contribution in [0.1, 0.15) is 93.6 Å². The van der Waals surface area contributed by atoms with Crippen molar-refractivity contribution in [2.45, 2.75) is 88.0 Å². The van der Waals surface area contributed by atoms with Crippen LogP contribution in [0.3, 0.4) is 0 Å². The lowest BCUT2D eigenvalue weighted by molar-refractivity contribution is -0.141. The number of carbonyl (C=O) groups excluding carboxylic acids is 2. The van der Waals surface area contributed by atoms with Crippen LogP contribution in [0.25, 0.3) is 0 Å². The zero-order valence-electron chi connectivity index (χ0n) is 24.7. The van der Waals surface area contributed by atoms with Gasteiger partial charge in [0, 0.05) is 6.54 Å². The average molecular weight is 485 g/mol. The molecule has 1 aromatic rings. The highest BCUT2D eigenvalue weighted by Crippen LogP contribution is 2.57. The van der Waals surface area contributed by atoms with E-state index in [1.165, 1.54) is 5.56 Å². The second-order valence-corrected chi connectivity index (χ2v) is 14.4. The fraction of sp³-hybridized carbons (Fsp3) is 0.742. The molecule has 1 aliphatic heterocycles. The van der Waals surface area contributed by atoms with Gasteiger partial charge in [-0.25, -0.2) is 0 Å². The molecule has 0 radical (unpaired) electrons. The Labute approximate surface area is 215 Å². The third-order valence-corrected chi connectivity index (χ3v) is 8.90. The predicted octanol–water partition coefficient (Wildman–Crippen LogP) is 6.86. The van der Waals surface area contributed by atoms with E-state index in [2.05, 4.69) is 104 Å². The molecule has 2 amide bonds. The van der Waals surface area contributed by atoms with Crippen molar-refractivity contribution in [1.82, 2.24) is 9.80 Å². The number of amides is 2. The molecule has 3 unspecified atom stereocenters. The Morgan fingerprint density at radius 2 is 1.34 bits per heavy atom.